The summed E-state index contributed by atoms with van der Waals surface area (Å²) in [6.45, 7) is -2.27. The van der Waals surface area contributed by atoms with Crippen LogP contribution in [0.2, 0.25) is 0 Å². The van der Waals surface area contributed by atoms with Crippen molar-refractivity contribution in [3.63, 3.8) is 0 Å². The topological polar surface area (TPSA) is 52.6 Å². The molecule has 4 nitrogen and oxygen atoms in total. The molecular formula is C24H20F10O4. The van der Waals surface area contributed by atoms with Crippen LogP contribution in [0.4, 0.5) is 43.9 Å². The summed E-state index contributed by atoms with van der Waals surface area (Å²) < 4.78 is 142. The summed E-state index contributed by atoms with van der Waals surface area (Å²) in [5.74, 6) is -23.4. The molecule has 0 amide bonds. The van der Waals surface area contributed by atoms with Crippen LogP contribution in [0.3, 0.4) is 0 Å². The second-order valence-electron chi connectivity index (χ2n) is 8.04. The lowest BCUT2D eigenvalue weighted by Crippen LogP contribution is -2.11. The number of esters is 2. The van der Waals surface area contributed by atoms with E-state index in [1.165, 1.54) is 0 Å². The Morgan fingerprint density at radius 1 is 0.395 bits per heavy atom. The summed E-state index contributed by atoms with van der Waals surface area (Å²) in [7, 11) is 0. The third-order valence-corrected chi connectivity index (χ3v) is 5.37. The van der Waals surface area contributed by atoms with Crippen LogP contribution in [0.25, 0.3) is 0 Å². The van der Waals surface area contributed by atoms with Gasteiger partial charge in [-0.15, -0.1) is 0 Å². The average Bonchev–Trinajstić information content (AvgIpc) is 2.89. The van der Waals surface area contributed by atoms with Gasteiger partial charge >= 0.3 is 11.9 Å². The maximum atomic E-state index is 13.5. The van der Waals surface area contributed by atoms with Crippen molar-refractivity contribution in [2.45, 2.75) is 64.6 Å². The van der Waals surface area contributed by atoms with Gasteiger partial charge in [0.15, 0.2) is 46.5 Å². The molecule has 0 aromatic heterocycles. The molecule has 0 unspecified atom stereocenters. The highest BCUT2D eigenvalue weighted by atomic mass is 19.2. The summed E-state index contributed by atoms with van der Waals surface area (Å²) in [5.41, 5.74) is -2.53. The van der Waals surface area contributed by atoms with E-state index in [2.05, 4.69) is 9.47 Å². The van der Waals surface area contributed by atoms with Crippen LogP contribution >= 0.6 is 0 Å². The van der Waals surface area contributed by atoms with E-state index in [1.54, 1.807) is 0 Å². The summed E-state index contributed by atoms with van der Waals surface area (Å²) in [6, 6.07) is 0. The van der Waals surface area contributed by atoms with Gasteiger partial charge in [0.25, 0.3) is 0 Å². The van der Waals surface area contributed by atoms with E-state index < -0.39 is 94.5 Å². The Morgan fingerprint density at radius 3 is 0.921 bits per heavy atom. The number of hydrogen-bond acceptors (Lipinski definition) is 4. The molecule has 0 aliphatic rings. The Kier molecular flexibility index (Phi) is 11.4. The summed E-state index contributed by atoms with van der Waals surface area (Å²) in [4.78, 5) is 23.3. The normalized spacial score (nSPS) is 11.1. The fraction of sp³-hybridized carbons (Fsp3) is 0.417. The largest absolute Gasteiger partial charge is 0.461 e. The number of ether oxygens (including phenoxy) is 2. The molecule has 0 N–H and O–H groups in total. The van der Waals surface area contributed by atoms with Crippen LogP contribution in [0.5, 0.6) is 0 Å². The Labute approximate surface area is 209 Å². The van der Waals surface area contributed by atoms with Gasteiger partial charge in [0, 0.05) is 12.8 Å². The lowest BCUT2D eigenvalue weighted by Gasteiger charge is -2.09. The molecule has 0 bridgehead atoms. The van der Waals surface area contributed by atoms with Crippen molar-refractivity contribution in [2.24, 2.45) is 0 Å². The van der Waals surface area contributed by atoms with Crippen molar-refractivity contribution in [3.05, 3.63) is 69.3 Å². The molecule has 2 aromatic carbocycles. The van der Waals surface area contributed by atoms with Crippen LogP contribution in [-0.4, -0.2) is 11.9 Å². The highest BCUT2D eigenvalue weighted by molar-refractivity contribution is 5.69. The first-order chi connectivity index (χ1) is 17.9. The fourth-order valence-electron chi connectivity index (χ4n) is 3.25. The predicted octanol–water partition coefficient (Wildman–Crippen LogP) is 6.99. The Bertz CT molecular complexity index is 1040. The van der Waals surface area contributed by atoms with Crippen LogP contribution in [0.15, 0.2) is 0 Å². The second kappa shape index (κ2) is 14.0. The first-order valence-electron chi connectivity index (χ1n) is 11.2. The predicted molar refractivity (Wildman–Crippen MR) is 109 cm³/mol. The fourth-order valence-corrected chi connectivity index (χ4v) is 3.25. The molecule has 0 aliphatic heterocycles. The Balaban J connectivity index is 1.60. The van der Waals surface area contributed by atoms with Crippen LogP contribution in [-0.2, 0) is 32.3 Å². The monoisotopic (exact) mass is 562 g/mol. The van der Waals surface area contributed by atoms with E-state index in [0.717, 1.165) is 0 Å². The number of benzene rings is 2. The summed E-state index contributed by atoms with van der Waals surface area (Å²) in [6.07, 6.45) is 2.40. The molecule has 2 aromatic rings. The number of halogens is 10. The number of carbonyl (C=O) groups is 2. The van der Waals surface area contributed by atoms with Gasteiger partial charge < -0.3 is 9.47 Å². The van der Waals surface area contributed by atoms with E-state index >= 15 is 0 Å². The van der Waals surface area contributed by atoms with Crippen LogP contribution < -0.4 is 0 Å². The van der Waals surface area contributed by atoms with Gasteiger partial charge in [-0.2, -0.15) is 0 Å². The zero-order valence-corrected chi connectivity index (χ0v) is 19.5. The van der Waals surface area contributed by atoms with Gasteiger partial charge in [-0.25, -0.2) is 43.9 Å². The van der Waals surface area contributed by atoms with E-state index in [4.69, 9.17) is 0 Å². The molecule has 14 heteroatoms. The molecule has 0 fully saturated rings. The lowest BCUT2D eigenvalue weighted by molar-refractivity contribution is -0.146. The van der Waals surface area contributed by atoms with Crippen molar-refractivity contribution >= 4 is 11.9 Å². The van der Waals surface area contributed by atoms with E-state index in [0.29, 0.717) is 38.5 Å². The van der Waals surface area contributed by atoms with Crippen molar-refractivity contribution < 1.29 is 63.0 Å². The number of rotatable bonds is 13. The number of hydrogen-bond donors (Lipinski definition) is 0. The maximum Gasteiger partial charge on any atom is 0.306 e. The first-order valence-corrected chi connectivity index (χ1v) is 11.2. The van der Waals surface area contributed by atoms with Gasteiger partial charge in [-0.1, -0.05) is 25.7 Å². The number of unbranched alkanes of at least 4 members (excludes halogenated alkanes) is 5. The van der Waals surface area contributed by atoms with Crippen LogP contribution in [0.1, 0.15) is 62.5 Å². The molecule has 0 spiro atoms. The van der Waals surface area contributed by atoms with Gasteiger partial charge in [0.1, 0.15) is 13.2 Å². The molecule has 0 saturated carbocycles. The summed E-state index contributed by atoms with van der Waals surface area (Å²) >= 11 is 0. The number of carbonyl (C=O) groups excluding carboxylic acids is 2. The standard InChI is InChI=1S/C24H20F10O4/c25-15-11(16(26)20(30)23(33)19(15)29)9-37-13(35)7-5-3-1-2-4-6-8-14(36)38-10-12-17(27)21(31)24(34)22(32)18(12)28/h1-10H2. The zero-order chi connectivity index (χ0) is 28.6. The molecule has 0 radical (unpaired) electrons. The molecule has 0 atom stereocenters. The third kappa shape index (κ3) is 7.60. The van der Waals surface area contributed by atoms with E-state index in [1.807, 2.05) is 0 Å². The minimum Gasteiger partial charge on any atom is -0.461 e. The molecular weight excluding hydrogens is 542 g/mol. The van der Waals surface area contributed by atoms with Gasteiger partial charge in [-0.05, 0) is 12.8 Å². The quantitative estimate of drug-likeness (QED) is 0.0869. The highest BCUT2D eigenvalue weighted by Crippen LogP contribution is 2.25. The van der Waals surface area contributed by atoms with E-state index in [-0.39, 0.29) is 12.8 Å². The van der Waals surface area contributed by atoms with Crippen molar-refractivity contribution in [1.82, 2.24) is 0 Å². The minimum absolute atomic E-state index is 0.181. The molecule has 0 saturated heterocycles. The van der Waals surface area contributed by atoms with Gasteiger partial charge in [0.05, 0.1) is 11.1 Å². The molecule has 0 aliphatic carbocycles. The first kappa shape index (κ1) is 30.9. The van der Waals surface area contributed by atoms with Crippen molar-refractivity contribution in [3.8, 4) is 0 Å². The zero-order valence-electron chi connectivity index (χ0n) is 19.5. The molecule has 2 rings (SSSR count). The lowest BCUT2D eigenvalue weighted by atomic mass is 10.1. The maximum absolute atomic E-state index is 13.5. The third-order valence-electron chi connectivity index (χ3n) is 5.37. The Hall–Kier alpha value is -3.32. The van der Waals surface area contributed by atoms with Crippen LogP contribution in [0, 0.1) is 58.2 Å². The van der Waals surface area contributed by atoms with Crippen molar-refractivity contribution in [2.75, 3.05) is 0 Å². The second-order valence-corrected chi connectivity index (χ2v) is 8.04. The SMILES string of the molecule is O=C(CCCCCCCCC(=O)OCc1c(F)c(F)c(F)c(F)c1F)OCc1c(F)c(F)c(F)c(F)c1F. The average molecular weight is 562 g/mol. The van der Waals surface area contributed by atoms with E-state index in [9.17, 15) is 53.5 Å². The minimum atomic E-state index is -2.32. The summed E-state index contributed by atoms with van der Waals surface area (Å²) in [5, 5.41) is 0. The van der Waals surface area contributed by atoms with Crippen molar-refractivity contribution in [1.29, 1.82) is 0 Å². The molecule has 38 heavy (non-hydrogen) atoms. The molecule has 0 heterocycles. The van der Waals surface area contributed by atoms with Gasteiger partial charge in [0.2, 0.25) is 11.6 Å². The Morgan fingerprint density at radius 2 is 0.632 bits per heavy atom. The molecule has 210 valence electrons. The highest BCUT2D eigenvalue weighted by Gasteiger charge is 2.27. The smallest absolute Gasteiger partial charge is 0.306 e. The van der Waals surface area contributed by atoms with Gasteiger partial charge in [-0.3, -0.25) is 9.59 Å².